The van der Waals surface area contributed by atoms with Gasteiger partial charge in [0, 0.05) is 30.6 Å². The molecule has 5 unspecified atom stereocenters. The van der Waals surface area contributed by atoms with Crippen LogP contribution in [0.25, 0.3) is 10.9 Å². The van der Waals surface area contributed by atoms with Gasteiger partial charge in [0.2, 0.25) is 5.72 Å². The van der Waals surface area contributed by atoms with E-state index in [4.69, 9.17) is 4.74 Å². The van der Waals surface area contributed by atoms with E-state index in [0.717, 1.165) is 42.5 Å². The van der Waals surface area contributed by atoms with E-state index in [1.807, 2.05) is 29.7 Å². The van der Waals surface area contributed by atoms with Crippen molar-refractivity contribution in [3.8, 4) is 0 Å². The average molecular weight is 370 g/mol. The third-order valence-corrected chi connectivity index (χ3v) is 6.98. The van der Waals surface area contributed by atoms with E-state index in [2.05, 4.69) is 11.0 Å². The maximum atomic E-state index is 12.7. The Morgan fingerprint density at radius 1 is 1.37 bits per heavy atom. The molecule has 1 aromatic heterocycles. The molecule has 0 saturated carbocycles. The van der Waals surface area contributed by atoms with E-state index in [9.17, 15) is 15.0 Å². The Hall–Kier alpha value is -1.89. The molecule has 6 nitrogen and oxygen atoms in total. The number of rotatable bonds is 2. The number of carbonyl (C=O) groups is 1. The van der Waals surface area contributed by atoms with Gasteiger partial charge in [-0.25, -0.2) is 4.79 Å². The molecule has 27 heavy (non-hydrogen) atoms. The fourth-order valence-electron chi connectivity index (χ4n) is 5.83. The molecule has 144 valence electrons. The number of esters is 1. The number of hydrogen-bond donors (Lipinski definition) is 2. The number of nitrogens with zero attached hydrogens (tertiary/aromatic N) is 2. The van der Waals surface area contributed by atoms with Crippen molar-refractivity contribution < 1.29 is 19.7 Å². The van der Waals surface area contributed by atoms with Crippen molar-refractivity contribution >= 4 is 16.9 Å². The predicted molar refractivity (Wildman–Crippen MR) is 100 cm³/mol. The molecule has 1 fully saturated rings. The van der Waals surface area contributed by atoms with Crippen molar-refractivity contribution in [2.75, 3.05) is 20.2 Å². The first-order valence-corrected chi connectivity index (χ1v) is 9.81. The van der Waals surface area contributed by atoms with Crippen molar-refractivity contribution in [2.45, 2.75) is 44.1 Å². The van der Waals surface area contributed by atoms with Crippen LogP contribution in [0.2, 0.25) is 0 Å². The number of fused-ring (bicyclic) bond motifs is 3. The summed E-state index contributed by atoms with van der Waals surface area (Å²) in [5, 5.41) is 22.9. The predicted octanol–water partition coefficient (Wildman–Crippen LogP) is 1.78. The van der Waals surface area contributed by atoms with Crippen molar-refractivity contribution in [3.05, 3.63) is 35.5 Å². The zero-order chi connectivity index (χ0) is 18.9. The third kappa shape index (κ3) is 2.21. The van der Waals surface area contributed by atoms with Crippen LogP contribution < -0.4 is 0 Å². The van der Waals surface area contributed by atoms with E-state index >= 15 is 0 Å². The second-order valence-corrected chi connectivity index (χ2v) is 8.41. The Labute approximate surface area is 158 Å². The molecule has 6 heteroatoms. The second kappa shape index (κ2) is 5.80. The molecule has 2 aromatic rings. The first-order chi connectivity index (χ1) is 13.0. The van der Waals surface area contributed by atoms with Crippen LogP contribution in [0.15, 0.2) is 24.3 Å². The van der Waals surface area contributed by atoms with Crippen LogP contribution in [0, 0.1) is 11.8 Å². The van der Waals surface area contributed by atoms with Crippen molar-refractivity contribution in [1.29, 1.82) is 0 Å². The number of para-hydroxylation sites is 1. The normalized spacial score (nSPS) is 33.6. The summed E-state index contributed by atoms with van der Waals surface area (Å²) in [6.45, 7) is 3.64. The standard InChI is InChI=1S/C21H26N2O4/c1-12(24)14-9-13-10-21(26,20(25)27-2)23-17-6-4-3-5-15(17)16-7-8-22(11-14)18(13)19(16)23/h3-6,12-14,18,24,26H,7-11H2,1-2H3. The number of aromatic nitrogens is 1. The van der Waals surface area contributed by atoms with Gasteiger partial charge in [-0.05, 0) is 43.2 Å². The number of methoxy groups -OCH3 is 1. The molecule has 1 saturated heterocycles. The minimum absolute atomic E-state index is 0.110. The molecular formula is C21H26N2O4. The van der Waals surface area contributed by atoms with Gasteiger partial charge in [-0.2, -0.15) is 0 Å². The van der Waals surface area contributed by atoms with E-state index in [0.29, 0.717) is 6.42 Å². The SMILES string of the molecule is COC(=O)C1(O)CC2CC(C(C)O)CN3CCc4c(n1c1ccccc41)C23. The van der Waals surface area contributed by atoms with Crippen LogP contribution in [-0.2, 0) is 21.7 Å². The maximum absolute atomic E-state index is 12.7. The number of hydrogen-bond acceptors (Lipinski definition) is 5. The smallest absolute Gasteiger partial charge is 0.359 e. The lowest BCUT2D eigenvalue weighted by Gasteiger charge is -2.53. The van der Waals surface area contributed by atoms with E-state index < -0.39 is 17.8 Å². The summed E-state index contributed by atoms with van der Waals surface area (Å²) in [6, 6.07) is 8.20. The van der Waals surface area contributed by atoms with Gasteiger partial charge < -0.3 is 19.5 Å². The van der Waals surface area contributed by atoms with Crippen LogP contribution in [0.4, 0.5) is 0 Å². The Morgan fingerprint density at radius 3 is 2.89 bits per heavy atom. The molecule has 2 N–H and O–H groups in total. The topological polar surface area (TPSA) is 74.9 Å². The van der Waals surface area contributed by atoms with E-state index in [1.165, 1.54) is 12.7 Å². The highest BCUT2D eigenvalue weighted by Gasteiger charge is 2.55. The van der Waals surface area contributed by atoms with Crippen LogP contribution in [0.3, 0.4) is 0 Å². The van der Waals surface area contributed by atoms with Crippen molar-refractivity contribution in [1.82, 2.24) is 9.47 Å². The Morgan fingerprint density at radius 2 is 2.15 bits per heavy atom. The highest BCUT2D eigenvalue weighted by molar-refractivity contribution is 5.89. The van der Waals surface area contributed by atoms with Gasteiger partial charge in [0.1, 0.15) is 0 Å². The Balaban J connectivity index is 1.77. The number of aliphatic hydroxyl groups excluding tert-OH is 1. The first-order valence-electron chi connectivity index (χ1n) is 9.81. The van der Waals surface area contributed by atoms with Gasteiger partial charge in [0.15, 0.2) is 0 Å². The molecule has 0 spiro atoms. The molecule has 4 heterocycles. The minimum Gasteiger partial charge on any atom is -0.465 e. The maximum Gasteiger partial charge on any atom is 0.359 e. The average Bonchev–Trinajstić information content (AvgIpc) is 3.02. The first kappa shape index (κ1) is 17.2. The van der Waals surface area contributed by atoms with Gasteiger partial charge in [-0.15, -0.1) is 0 Å². The van der Waals surface area contributed by atoms with E-state index in [1.54, 1.807) is 0 Å². The summed E-state index contributed by atoms with van der Waals surface area (Å²) < 4.78 is 6.88. The highest BCUT2D eigenvalue weighted by Crippen LogP contribution is 2.54. The lowest BCUT2D eigenvalue weighted by molar-refractivity contribution is -0.185. The van der Waals surface area contributed by atoms with Crippen LogP contribution >= 0.6 is 0 Å². The second-order valence-electron chi connectivity index (χ2n) is 8.41. The van der Waals surface area contributed by atoms with E-state index in [-0.39, 0.29) is 17.9 Å². The van der Waals surface area contributed by atoms with Crippen LogP contribution in [0.5, 0.6) is 0 Å². The Kier molecular flexibility index (Phi) is 3.70. The van der Waals surface area contributed by atoms with Crippen LogP contribution in [-0.4, -0.2) is 52.0 Å². The number of aliphatic hydroxyl groups is 2. The van der Waals surface area contributed by atoms with Gasteiger partial charge >= 0.3 is 5.97 Å². The zero-order valence-electron chi connectivity index (χ0n) is 15.8. The lowest BCUT2D eigenvalue weighted by Crippen LogP contribution is -2.57. The third-order valence-electron chi connectivity index (χ3n) is 6.98. The summed E-state index contributed by atoms with van der Waals surface area (Å²) in [7, 11) is 1.33. The fraction of sp³-hybridized carbons (Fsp3) is 0.571. The summed E-state index contributed by atoms with van der Waals surface area (Å²) in [4.78, 5) is 15.2. The largest absolute Gasteiger partial charge is 0.465 e. The van der Waals surface area contributed by atoms with Crippen molar-refractivity contribution in [3.63, 3.8) is 0 Å². The molecule has 5 rings (SSSR count). The monoisotopic (exact) mass is 370 g/mol. The zero-order valence-corrected chi connectivity index (χ0v) is 15.8. The lowest BCUT2D eigenvalue weighted by atomic mass is 9.71. The fourth-order valence-corrected chi connectivity index (χ4v) is 5.83. The van der Waals surface area contributed by atoms with Crippen LogP contribution in [0.1, 0.15) is 37.1 Å². The summed E-state index contributed by atoms with van der Waals surface area (Å²) in [5.41, 5.74) is 1.51. The number of benzene rings is 1. The summed E-state index contributed by atoms with van der Waals surface area (Å²) in [5.74, 6) is -0.343. The summed E-state index contributed by atoms with van der Waals surface area (Å²) >= 11 is 0. The molecule has 0 radical (unpaired) electrons. The number of ether oxygens (including phenoxy) is 1. The quantitative estimate of drug-likeness (QED) is 0.789. The number of piperidine rings is 1. The minimum atomic E-state index is -1.70. The van der Waals surface area contributed by atoms with Gasteiger partial charge in [-0.1, -0.05) is 18.2 Å². The van der Waals surface area contributed by atoms with Crippen molar-refractivity contribution in [2.24, 2.45) is 11.8 Å². The van der Waals surface area contributed by atoms with Gasteiger partial charge in [0.25, 0.3) is 0 Å². The van der Waals surface area contributed by atoms with Gasteiger partial charge in [-0.3, -0.25) is 4.90 Å². The molecule has 0 aliphatic carbocycles. The molecule has 0 amide bonds. The molecule has 5 atom stereocenters. The molecule has 3 aliphatic rings. The Bertz CT molecular complexity index is 920. The number of carbonyl (C=O) groups excluding carboxylic acids is 1. The molecule has 3 aliphatic heterocycles. The summed E-state index contributed by atoms with van der Waals surface area (Å²) in [6.07, 6.45) is 1.61. The van der Waals surface area contributed by atoms with Gasteiger partial charge in [0.05, 0.1) is 24.8 Å². The molecular weight excluding hydrogens is 344 g/mol. The molecule has 0 bridgehead atoms. The highest BCUT2D eigenvalue weighted by atomic mass is 16.5. The molecule has 1 aromatic carbocycles.